The fourth-order valence-electron chi connectivity index (χ4n) is 5.00. The second-order valence-electron chi connectivity index (χ2n) is 8.59. The van der Waals surface area contributed by atoms with Gasteiger partial charge in [-0.2, -0.15) is 0 Å². The lowest BCUT2D eigenvalue weighted by molar-refractivity contribution is -0.384. The highest BCUT2D eigenvalue weighted by Crippen LogP contribution is 2.44. The Kier molecular flexibility index (Phi) is 5.24. The molecule has 180 valence electrons. The van der Waals surface area contributed by atoms with Gasteiger partial charge in [-0.1, -0.05) is 28.1 Å². The number of halogens is 1. The number of hydrogen-bond acceptors (Lipinski definition) is 5. The molecule has 6 rings (SSSR count). The van der Waals surface area contributed by atoms with E-state index in [-0.39, 0.29) is 17.6 Å². The average molecular weight is 563 g/mol. The number of nitrogens with one attached hydrogen (secondary N) is 1. The fourth-order valence-corrected chi connectivity index (χ4v) is 5.77. The van der Waals surface area contributed by atoms with Crippen molar-refractivity contribution in [2.75, 3.05) is 7.11 Å². The number of nitro groups is 1. The lowest BCUT2D eigenvalue weighted by atomic mass is 9.93. The molecule has 5 aromatic rings. The van der Waals surface area contributed by atoms with Gasteiger partial charge in [-0.25, -0.2) is 0 Å². The predicted octanol–water partition coefficient (Wildman–Crippen LogP) is 6.42. The van der Waals surface area contributed by atoms with Gasteiger partial charge in [0.25, 0.3) is 5.69 Å². The summed E-state index contributed by atoms with van der Waals surface area (Å²) in [6.45, 7) is 0. The number of H-pyrrole nitrogens is 1. The second-order valence-corrected chi connectivity index (χ2v) is 9.87. The minimum Gasteiger partial charge on any atom is -0.497 e. The Morgan fingerprint density at radius 3 is 2.53 bits per heavy atom. The molecule has 10 heteroatoms. The molecule has 0 amide bonds. The average Bonchev–Trinajstić information content (AvgIpc) is 3.37. The highest BCUT2D eigenvalue weighted by atomic mass is 79.9. The first-order chi connectivity index (χ1) is 17.4. The maximum Gasteiger partial charge on any atom is 0.269 e. The molecule has 2 N–H and O–H groups in total. The van der Waals surface area contributed by atoms with Crippen molar-refractivity contribution in [2.45, 2.75) is 12.5 Å². The summed E-state index contributed by atoms with van der Waals surface area (Å²) in [7, 11) is 1.62. The molecule has 8 nitrogen and oxygen atoms in total. The van der Waals surface area contributed by atoms with Gasteiger partial charge < -0.3 is 19.4 Å². The van der Waals surface area contributed by atoms with Crippen LogP contribution in [0.4, 0.5) is 5.69 Å². The van der Waals surface area contributed by atoms with Gasteiger partial charge in [-0.3, -0.25) is 14.7 Å². The molecule has 36 heavy (non-hydrogen) atoms. The van der Waals surface area contributed by atoms with Crippen molar-refractivity contribution in [1.29, 1.82) is 0 Å². The summed E-state index contributed by atoms with van der Waals surface area (Å²) in [5.41, 5.74) is 5.25. The lowest BCUT2D eigenvalue weighted by Gasteiger charge is -2.26. The molecule has 0 aliphatic carbocycles. The van der Waals surface area contributed by atoms with Crippen LogP contribution in [0, 0.1) is 14.9 Å². The Balaban J connectivity index is 1.61. The molecule has 0 saturated heterocycles. The predicted molar refractivity (Wildman–Crippen MR) is 142 cm³/mol. The number of rotatable bonds is 4. The van der Waals surface area contributed by atoms with Gasteiger partial charge in [0.2, 0.25) is 5.88 Å². The molecule has 1 atom stereocenters. The SMILES string of the molecule is COc1ccc(C2c3[nH]c4ccc(Br)cc4c3Cc3c(O)n(-c4ccc([N+](=O)[O-])cc4)c(=S)n32)cc1. The molecule has 3 heterocycles. The molecule has 1 aliphatic rings. The first-order valence-corrected chi connectivity index (χ1v) is 12.3. The Morgan fingerprint density at radius 1 is 1.14 bits per heavy atom. The molecular weight excluding hydrogens is 544 g/mol. The van der Waals surface area contributed by atoms with Gasteiger partial charge in [0.1, 0.15) is 11.8 Å². The van der Waals surface area contributed by atoms with Gasteiger partial charge >= 0.3 is 0 Å². The van der Waals surface area contributed by atoms with Crippen LogP contribution in [-0.4, -0.2) is 31.3 Å². The number of imidazole rings is 1. The van der Waals surface area contributed by atoms with Crippen molar-refractivity contribution in [2.24, 2.45) is 0 Å². The van der Waals surface area contributed by atoms with E-state index in [1.165, 1.54) is 12.1 Å². The molecule has 0 fully saturated rings. The number of ether oxygens (including phenoxy) is 1. The first-order valence-electron chi connectivity index (χ1n) is 11.1. The van der Waals surface area contributed by atoms with E-state index in [1.54, 1.807) is 23.8 Å². The topological polar surface area (TPSA) is 98.2 Å². The Labute approximate surface area is 218 Å². The van der Waals surface area contributed by atoms with E-state index in [9.17, 15) is 15.2 Å². The van der Waals surface area contributed by atoms with E-state index < -0.39 is 4.92 Å². The normalized spacial score (nSPS) is 14.4. The number of nitrogens with zero attached hydrogens (tertiary/aromatic N) is 3. The Morgan fingerprint density at radius 2 is 1.86 bits per heavy atom. The van der Waals surface area contributed by atoms with Gasteiger partial charge in [0, 0.05) is 39.6 Å². The van der Waals surface area contributed by atoms with E-state index >= 15 is 0 Å². The lowest BCUT2D eigenvalue weighted by Crippen LogP contribution is -2.21. The number of non-ortho nitro benzene ring substituents is 1. The summed E-state index contributed by atoms with van der Waals surface area (Å²) in [4.78, 5) is 14.3. The number of benzene rings is 3. The van der Waals surface area contributed by atoms with Crippen LogP contribution in [0.3, 0.4) is 0 Å². The summed E-state index contributed by atoms with van der Waals surface area (Å²) >= 11 is 9.49. The van der Waals surface area contributed by atoms with Gasteiger partial charge in [0.15, 0.2) is 4.77 Å². The smallest absolute Gasteiger partial charge is 0.269 e. The molecule has 1 unspecified atom stereocenters. The number of hydrogen-bond donors (Lipinski definition) is 2. The molecular formula is C26H19BrN4O4S. The summed E-state index contributed by atoms with van der Waals surface area (Å²) in [5.74, 6) is 0.757. The minimum atomic E-state index is -0.455. The zero-order valence-corrected chi connectivity index (χ0v) is 21.3. The van der Waals surface area contributed by atoms with Crippen LogP contribution in [0.25, 0.3) is 16.6 Å². The van der Waals surface area contributed by atoms with Crippen molar-refractivity contribution in [3.63, 3.8) is 0 Å². The summed E-state index contributed by atoms with van der Waals surface area (Å²) < 4.78 is 10.2. The number of nitro benzene ring substituents is 1. The van der Waals surface area contributed by atoms with Gasteiger partial charge in [-0.15, -0.1) is 0 Å². The van der Waals surface area contributed by atoms with Crippen molar-refractivity contribution < 1.29 is 14.8 Å². The molecule has 0 radical (unpaired) electrons. The molecule has 0 bridgehead atoms. The highest BCUT2D eigenvalue weighted by molar-refractivity contribution is 9.10. The Bertz CT molecular complexity index is 1720. The van der Waals surface area contributed by atoms with E-state index in [2.05, 4.69) is 27.0 Å². The summed E-state index contributed by atoms with van der Waals surface area (Å²) in [6.07, 6.45) is 0.466. The first kappa shape index (κ1) is 22.6. The second kappa shape index (κ2) is 8.35. The maximum atomic E-state index is 11.4. The molecule has 0 spiro atoms. The standard InChI is InChI=1S/C26H19BrN4O4S/c1-35-18-9-2-14(3-10-18)24-23-20(19-12-15(27)4-11-21(19)28-23)13-22-25(32)29(26(36)30(22)24)16-5-7-17(8-6-16)31(33)34/h2-12,24,28,32H,13H2,1H3. The van der Waals surface area contributed by atoms with Crippen molar-refractivity contribution in [3.05, 3.63) is 109 Å². The number of aromatic nitrogens is 3. The fraction of sp³-hybridized carbons (Fsp3) is 0.115. The monoisotopic (exact) mass is 562 g/mol. The number of methoxy groups -OCH3 is 1. The van der Waals surface area contributed by atoms with E-state index in [1.807, 2.05) is 41.0 Å². The van der Waals surface area contributed by atoms with Crippen LogP contribution in [0.2, 0.25) is 0 Å². The molecule has 3 aromatic carbocycles. The molecule has 1 aliphatic heterocycles. The van der Waals surface area contributed by atoms with Crippen molar-refractivity contribution in [3.8, 4) is 17.3 Å². The minimum absolute atomic E-state index is 0.0161. The Hall–Kier alpha value is -3.89. The van der Waals surface area contributed by atoms with E-state index in [0.717, 1.165) is 37.9 Å². The van der Waals surface area contributed by atoms with Crippen molar-refractivity contribution >= 4 is 44.7 Å². The number of fused-ring (bicyclic) bond motifs is 4. The number of aromatic hydroxyl groups is 1. The maximum absolute atomic E-state index is 11.4. The zero-order chi connectivity index (χ0) is 25.1. The summed E-state index contributed by atoms with van der Waals surface area (Å²) in [5, 5.41) is 23.6. The van der Waals surface area contributed by atoms with Gasteiger partial charge in [0.05, 0.1) is 23.4 Å². The van der Waals surface area contributed by atoms with E-state index in [0.29, 0.717) is 22.6 Å². The van der Waals surface area contributed by atoms with Crippen LogP contribution in [0.1, 0.15) is 28.6 Å². The van der Waals surface area contributed by atoms with Crippen molar-refractivity contribution in [1.82, 2.24) is 14.1 Å². The van der Waals surface area contributed by atoms with Crippen LogP contribution in [0.15, 0.2) is 71.2 Å². The highest BCUT2D eigenvalue weighted by Gasteiger charge is 2.34. The van der Waals surface area contributed by atoms with Crippen LogP contribution < -0.4 is 4.74 Å². The number of aromatic amines is 1. The van der Waals surface area contributed by atoms with Gasteiger partial charge in [-0.05, 0) is 65.8 Å². The largest absolute Gasteiger partial charge is 0.497 e. The molecule has 0 saturated carbocycles. The zero-order valence-electron chi connectivity index (χ0n) is 18.9. The van der Waals surface area contributed by atoms with Crippen LogP contribution in [0.5, 0.6) is 11.6 Å². The van der Waals surface area contributed by atoms with Crippen LogP contribution >= 0.6 is 28.1 Å². The third kappa shape index (κ3) is 3.36. The molecule has 2 aromatic heterocycles. The third-order valence-electron chi connectivity index (χ3n) is 6.69. The quantitative estimate of drug-likeness (QED) is 0.147. The third-order valence-corrected chi connectivity index (χ3v) is 7.56. The summed E-state index contributed by atoms with van der Waals surface area (Å²) in [6, 6.07) is 19.6. The van der Waals surface area contributed by atoms with E-state index in [4.69, 9.17) is 17.0 Å². The van der Waals surface area contributed by atoms with Crippen LogP contribution in [-0.2, 0) is 6.42 Å².